The number of hydrogen-bond donors (Lipinski definition) is 3. The van der Waals surface area contributed by atoms with Gasteiger partial charge in [0.25, 0.3) is 0 Å². The fraction of sp³-hybridized carbons (Fsp3) is 0.304. The van der Waals surface area contributed by atoms with Crippen molar-refractivity contribution < 1.29 is 13.5 Å². The lowest BCUT2D eigenvalue weighted by Crippen LogP contribution is -2.34. The highest BCUT2D eigenvalue weighted by atomic mass is 32.2. The second-order valence-electron chi connectivity index (χ2n) is 8.00. The van der Waals surface area contributed by atoms with E-state index in [1.54, 1.807) is 18.3 Å². The molecule has 0 amide bonds. The Morgan fingerprint density at radius 1 is 1.00 bits per heavy atom. The smallest absolute Gasteiger partial charge is 0.229 e. The quantitative estimate of drug-likeness (QED) is 0.503. The molecule has 2 aromatic carbocycles. The minimum absolute atomic E-state index is 0.275. The highest BCUT2D eigenvalue weighted by molar-refractivity contribution is 7.92. The maximum Gasteiger partial charge on any atom is 0.229 e. The summed E-state index contributed by atoms with van der Waals surface area (Å²) in [7, 11) is -3.31. The zero-order chi connectivity index (χ0) is 22.6. The molecule has 32 heavy (non-hydrogen) atoms. The Morgan fingerprint density at radius 2 is 1.66 bits per heavy atom. The average molecular weight is 454 g/mol. The van der Waals surface area contributed by atoms with Crippen LogP contribution in [0, 0.1) is 5.92 Å². The number of hydrogen-bond acceptors (Lipinski definition) is 7. The van der Waals surface area contributed by atoms with E-state index in [1.165, 1.54) is 5.69 Å². The summed E-state index contributed by atoms with van der Waals surface area (Å²) in [6.45, 7) is 2.20. The van der Waals surface area contributed by atoms with Gasteiger partial charge in [-0.05, 0) is 61.2 Å². The second kappa shape index (κ2) is 9.54. The molecule has 0 radical (unpaired) electrons. The van der Waals surface area contributed by atoms with E-state index >= 15 is 0 Å². The molecular formula is C23H27N5O3S. The number of aromatic nitrogens is 2. The van der Waals surface area contributed by atoms with Crippen molar-refractivity contribution >= 4 is 33.0 Å². The van der Waals surface area contributed by atoms with Gasteiger partial charge in [-0.25, -0.2) is 18.4 Å². The maximum atomic E-state index is 11.4. The predicted molar refractivity (Wildman–Crippen MR) is 128 cm³/mol. The first kappa shape index (κ1) is 22.0. The summed E-state index contributed by atoms with van der Waals surface area (Å²) in [4.78, 5) is 11.2. The minimum atomic E-state index is -3.31. The van der Waals surface area contributed by atoms with Crippen LogP contribution in [0.3, 0.4) is 0 Å². The van der Waals surface area contributed by atoms with Crippen LogP contribution in [0.1, 0.15) is 12.8 Å². The summed E-state index contributed by atoms with van der Waals surface area (Å²) in [6.07, 6.45) is 4.84. The first-order chi connectivity index (χ1) is 15.4. The number of piperidine rings is 1. The third-order valence-corrected chi connectivity index (χ3v) is 6.11. The van der Waals surface area contributed by atoms with Crippen molar-refractivity contribution in [3.05, 3.63) is 60.8 Å². The monoisotopic (exact) mass is 453 g/mol. The molecule has 0 atom stereocenters. The normalized spacial score (nSPS) is 14.9. The molecule has 1 fully saturated rings. The SMILES string of the molecule is CS(=O)(=O)Nc1ccc(-c2ccnc(Nc3ccc(N4CCC(CO)CC4)cc3)n2)cc1. The van der Waals surface area contributed by atoms with Gasteiger partial charge in [0.2, 0.25) is 16.0 Å². The molecule has 1 aromatic heterocycles. The second-order valence-corrected chi connectivity index (χ2v) is 9.75. The summed E-state index contributed by atoms with van der Waals surface area (Å²) < 4.78 is 25.2. The molecule has 3 N–H and O–H groups in total. The molecule has 0 saturated carbocycles. The molecule has 1 saturated heterocycles. The summed E-state index contributed by atoms with van der Waals surface area (Å²) in [6, 6.07) is 17.0. The molecule has 0 unspecified atom stereocenters. The third-order valence-electron chi connectivity index (χ3n) is 5.50. The topological polar surface area (TPSA) is 107 Å². The average Bonchev–Trinajstić information content (AvgIpc) is 2.79. The minimum Gasteiger partial charge on any atom is -0.396 e. The van der Waals surface area contributed by atoms with Crippen molar-refractivity contribution in [2.45, 2.75) is 12.8 Å². The predicted octanol–water partition coefficient (Wildman–Crippen LogP) is 3.47. The van der Waals surface area contributed by atoms with Gasteiger partial charge in [0, 0.05) is 48.5 Å². The number of nitrogens with one attached hydrogen (secondary N) is 2. The van der Waals surface area contributed by atoms with Crippen molar-refractivity contribution in [2.75, 3.05) is 40.9 Å². The molecule has 0 bridgehead atoms. The highest BCUT2D eigenvalue weighted by Crippen LogP contribution is 2.26. The van der Waals surface area contributed by atoms with Gasteiger partial charge in [0.1, 0.15) is 0 Å². The fourth-order valence-electron chi connectivity index (χ4n) is 3.76. The zero-order valence-corrected chi connectivity index (χ0v) is 18.7. The molecule has 2 heterocycles. The fourth-order valence-corrected chi connectivity index (χ4v) is 4.33. The van der Waals surface area contributed by atoms with Crippen LogP contribution in [-0.2, 0) is 10.0 Å². The van der Waals surface area contributed by atoms with E-state index < -0.39 is 10.0 Å². The van der Waals surface area contributed by atoms with Gasteiger partial charge < -0.3 is 15.3 Å². The molecule has 4 rings (SSSR count). The molecule has 8 nitrogen and oxygen atoms in total. The van der Waals surface area contributed by atoms with Crippen molar-refractivity contribution in [2.24, 2.45) is 5.92 Å². The summed E-state index contributed by atoms with van der Waals surface area (Å²) >= 11 is 0. The molecule has 168 valence electrons. The Labute approximate surface area is 188 Å². The lowest BCUT2D eigenvalue weighted by molar-refractivity contribution is 0.203. The summed E-state index contributed by atoms with van der Waals surface area (Å²) in [5.41, 5.74) is 4.16. The highest BCUT2D eigenvalue weighted by Gasteiger charge is 2.18. The number of rotatable bonds is 7. The Balaban J connectivity index is 1.42. The molecule has 1 aliphatic heterocycles. The number of sulfonamides is 1. The van der Waals surface area contributed by atoms with Crippen molar-refractivity contribution in [3.8, 4) is 11.3 Å². The molecule has 3 aromatic rings. The van der Waals surface area contributed by atoms with E-state index in [-0.39, 0.29) is 6.61 Å². The first-order valence-electron chi connectivity index (χ1n) is 10.5. The van der Waals surface area contributed by atoms with Crippen molar-refractivity contribution in [1.82, 2.24) is 9.97 Å². The van der Waals surface area contributed by atoms with Crippen LogP contribution in [0.5, 0.6) is 0 Å². The lowest BCUT2D eigenvalue weighted by atomic mass is 9.97. The van der Waals surface area contributed by atoms with E-state index in [0.29, 0.717) is 17.6 Å². The van der Waals surface area contributed by atoms with Crippen molar-refractivity contribution in [1.29, 1.82) is 0 Å². The van der Waals surface area contributed by atoms with E-state index in [2.05, 4.69) is 37.0 Å². The summed E-state index contributed by atoms with van der Waals surface area (Å²) in [5, 5.41) is 12.5. The van der Waals surface area contributed by atoms with Gasteiger partial charge in [-0.15, -0.1) is 0 Å². The Kier molecular flexibility index (Phi) is 6.57. The van der Waals surface area contributed by atoms with Crippen LogP contribution >= 0.6 is 0 Å². The maximum absolute atomic E-state index is 11.4. The van der Waals surface area contributed by atoms with Gasteiger partial charge in [0.15, 0.2) is 0 Å². The Morgan fingerprint density at radius 3 is 2.28 bits per heavy atom. The Hall–Kier alpha value is -3.17. The molecular weight excluding hydrogens is 426 g/mol. The summed E-state index contributed by atoms with van der Waals surface area (Å²) in [5.74, 6) is 0.904. The number of aliphatic hydroxyl groups is 1. The number of benzene rings is 2. The molecule has 0 aliphatic carbocycles. The van der Waals surface area contributed by atoms with E-state index in [0.717, 1.165) is 49.1 Å². The van der Waals surface area contributed by atoms with Crippen LogP contribution < -0.4 is 14.9 Å². The Bertz CT molecular complexity index is 1140. The van der Waals surface area contributed by atoms with Gasteiger partial charge in [-0.2, -0.15) is 0 Å². The van der Waals surface area contributed by atoms with Gasteiger partial charge in [-0.1, -0.05) is 12.1 Å². The van der Waals surface area contributed by atoms with Gasteiger partial charge >= 0.3 is 0 Å². The molecule has 0 spiro atoms. The van der Waals surface area contributed by atoms with Crippen LogP contribution in [0.4, 0.5) is 23.0 Å². The van der Waals surface area contributed by atoms with E-state index in [9.17, 15) is 13.5 Å². The largest absolute Gasteiger partial charge is 0.396 e. The van der Waals surface area contributed by atoms with Crippen molar-refractivity contribution in [3.63, 3.8) is 0 Å². The van der Waals surface area contributed by atoms with Crippen LogP contribution in [-0.4, -0.2) is 49.4 Å². The zero-order valence-electron chi connectivity index (χ0n) is 17.9. The third kappa shape index (κ3) is 5.74. The van der Waals surface area contributed by atoms with Gasteiger partial charge in [-0.3, -0.25) is 4.72 Å². The first-order valence-corrected chi connectivity index (χ1v) is 12.4. The van der Waals surface area contributed by atoms with Gasteiger partial charge in [0.05, 0.1) is 11.9 Å². The number of nitrogens with zero attached hydrogens (tertiary/aromatic N) is 3. The van der Waals surface area contributed by atoms with E-state index in [1.807, 2.05) is 30.3 Å². The lowest BCUT2D eigenvalue weighted by Gasteiger charge is -2.32. The standard InChI is InChI=1S/C23H27N5O3S/c1-32(30,31)27-20-4-2-18(3-5-20)22-10-13-24-23(26-22)25-19-6-8-21(9-7-19)28-14-11-17(16-29)12-15-28/h2-10,13,17,27,29H,11-12,14-16H2,1H3,(H,24,25,26). The van der Waals surface area contributed by atoms with Crippen LogP contribution in [0.15, 0.2) is 60.8 Å². The van der Waals surface area contributed by atoms with E-state index in [4.69, 9.17) is 0 Å². The van der Waals surface area contributed by atoms with Crippen LogP contribution in [0.2, 0.25) is 0 Å². The van der Waals surface area contributed by atoms with Crippen LogP contribution in [0.25, 0.3) is 11.3 Å². The number of aliphatic hydroxyl groups excluding tert-OH is 1. The number of anilines is 4. The molecule has 9 heteroatoms. The molecule has 1 aliphatic rings.